The molecule has 2 aliphatic carbocycles. The Balaban J connectivity index is 2.10. The second kappa shape index (κ2) is 3.82. The molecule has 1 spiro atoms. The van der Waals surface area contributed by atoms with Crippen molar-refractivity contribution >= 4 is 28.1 Å². The molecule has 0 saturated heterocycles. The lowest BCUT2D eigenvalue weighted by molar-refractivity contribution is 0.0696. The fraction of sp³-hybridized carbons (Fsp3) is 0.538. The highest BCUT2D eigenvalue weighted by Crippen LogP contribution is 2.50. The van der Waals surface area contributed by atoms with Gasteiger partial charge < -0.3 is 10.8 Å². The summed E-state index contributed by atoms with van der Waals surface area (Å²) in [5.74, 6) is -0.870. The lowest BCUT2D eigenvalue weighted by Crippen LogP contribution is -2.32. The van der Waals surface area contributed by atoms with Crippen LogP contribution in [-0.4, -0.2) is 16.9 Å². The van der Waals surface area contributed by atoms with Crippen molar-refractivity contribution in [2.45, 2.75) is 38.5 Å². The number of aromatic carboxylic acids is 1. The van der Waals surface area contributed by atoms with E-state index in [1.54, 1.807) is 0 Å². The molecular formula is C13H15NO3S. The van der Waals surface area contributed by atoms with Crippen LogP contribution in [0, 0.1) is 5.41 Å². The summed E-state index contributed by atoms with van der Waals surface area (Å²) in [6.07, 6.45) is 5.57. The van der Waals surface area contributed by atoms with Gasteiger partial charge in [0.1, 0.15) is 5.00 Å². The molecular weight excluding hydrogens is 250 g/mol. The van der Waals surface area contributed by atoms with Gasteiger partial charge in [-0.3, -0.25) is 4.79 Å². The number of Topliss-reactive ketones (excluding diaryl/α,β-unsaturated/α-hetero) is 1. The number of nitrogen functional groups attached to an aromatic ring is 1. The second-order valence-electron chi connectivity index (χ2n) is 5.27. The third-order valence-electron chi connectivity index (χ3n) is 4.35. The number of hydrogen-bond acceptors (Lipinski definition) is 4. The van der Waals surface area contributed by atoms with Gasteiger partial charge in [-0.15, -0.1) is 11.3 Å². The lowest BCUT2D eigenvalue weighted by atomic mass is 9.71. The van der Waals surface area contributed by atoms with Crippen LogP contribution >= 0.6 is 11.3 Å². The summed E-state index contributed by atoms with van der Waals surface area (Å²) in [7, 11) is 0. The molecule has 3 N–H and O–H groups in total. The molecule has 1 heterocycles. The predicted octanol–water partition coefficient (Wildman–Crippen LogP) is 2.72. The Bertz CT molecular complexity index is 541. The number of carboxylic acids is 1. The van der Waals surface area contributed by atoms with Gasteiger partial charge in [0.05, 0.1) is 10.4 Å². The number of carbonyl (C=O) groups excluding carboxylic acids is 1. The minimum atomic E-state index is -1.01. The minimum absolute atomic E-state index is 0.144. The molecule has 1 fully saturated rings. The number of nitrogens with two attached hydrogens (primary N) is 1. The molecule has 1 saturated carbocycles. The van der Waals surface area contributed by atoms with Gasteiger partial charge in [0.15, 0.2) is 5.78 Å². The van der Waals surface area contributed by atoms with Gasteiger partial charge >= 0.3 is 5.97 Å². The highest BCUT2D eigenvalue weighted by molar-refractivity contribution is 7.18. The summed E-state index contributed by atoms with van der Waals surface area (Å²) in [6, 6.07) is 0. The van der Waals surface area contributed by atoms with E-state index in [0.717, 1.165) is 43.4 Å². The third-order valence-corrected chi connectivity index (χ3v) is 5.41. The van der Waals surface area contributed by atoms with E-state index in [2.05, 4.69) is 0 Å². The summed E-state index contributed by atoms with van der Waals surface area (Å²) in [5.41, 5.74) is 6.39. The van der Waals surface area contributed by atoms with Crippen molar-refractivity contribution in [3.05, 3.63) is 16.0 Å². The maximum atomic E-state index is 12.6. The molecule has 5 heteroatoms. The van der Waals surface area contributed by atoms with E-state index in [9.17, 15) is 9.59 Å². The Kier molecular flexibility index (Phi) is 2.48. The smallest absolute Gasteiger partial charge is 0.338 e. The number of thiophene rings is 1. The first-order valence-corrected chi connectivity index (χ1v) is 7.06. The Morgan fingerprint density at radius 2 is 1.94 bits per heavy atom. The van der Waals surface area contributed by atoms with Crippen molar-refractivity contribution in [1.82, 2.24) is 0 Å². The Hall–Kier alpha value is -1.36. The molecule has 0 unspecified atom stereocenters. The van der Waals surface area contributed by atoms with E-state index in [0.29, 0.717) is 16.9 Å². The molecule has 96 valence electrons. The van der Waals surface area contributed by atoms with Gasteiger partial charge in [-0.1, -0.05) is 12.8 Å². The third kappa shape index (κ3) is 1.43. The van der Waals surface area contributed by atoms with Crippen LogP contribution < -0.4 is 5.73 Å². The molecule has 0 bridgehead atoms. The van der Waals surface area contributed by atoms with Gasteiger partial charge in [0.2, 0.25) is 0 Å². The fourth-order valence-electron chi connectivity index (χ4n) is 3.39. The monoisotopic (exact) mass is 265 g/mol. The molecule has 1 aromatic heterocycles. The van der Waals surface area contributed by atoms with E-state index in [1.807, 2.05) is 0 Å². The van der Waals surface area contributed by atoms with E-state index in [4.69, 9.17) is 10.8 Å². The van der Waals surface area contributed by atoms with Crippen LogP contribution in [0.4, 0.5) is 5.00 Å². The number of carboxylic acid groups (broad SMARTS) is 1. The first-order valence-electron chi connectivity index (χ1n) is 6.24. The maximum absolute atomic E-state index is 12.6. The normalized spacial score (nSPS) is 21.2. The highest BCUT2D eigenvalue weighted by atomic mass is 32.1. The maximum Gasteiger partial charge on any atom is 0.338 e. The molecule has 0 atom stereocenters. The minimum Gasteiger partial charge on any atom is -0.478 e. The quantitative estimate of drug-likeness (QED) is 0.818. The average Bonchev–Trinajstić information content (AvgIpc) is 2.89. The predicted molar refractivity (Wildman–Crippen MR) is 69.2 cm³/mol. The molecule has 0 amide bonds. The summed E-state index contributed by atoms with van der Waals surface area (Å²) in [6.45, 7) is 0. The first kappa shape index (κ1) is 11.7. The van der Waals surface area contributed by atoms with Crippen LogP contribution in [0.2, 0.25) is 0 Å². The number of fused-ring (bicyclic) bond motifs is 1. The number of ketones is 1. The molecule has 4 nitrogen and oxygen atoms in total. The van der Waals surface area contributed by atoms with Crippen molar-refractivity contribution in [2.24, 2.45) is 5.41 Å². The van der Waals surface area contributed by atoms with Crippen molar-refractivity contribution in [3.8, 4) is 0 Å². The molecule has 0 radical (unpaired) electrons. The zero-order chi connectivity index (χ0) is 12.9. The molecule has 2 aliphatic rings. The van der Waals surface area contributed by atoms with E-state index in [1.165, 1.54) is 0 Å². The number of anilines is 1. The van der Waals surface area contributed by atoms with Crippen molar-refractivity contribution in [2.75, 3.05) is 5.73 Å². The number of hydrogen-bond donors (Lipinski definition) is 2. The van der Waals surface area contributed by atoms with Gasteiger partial charge in [-0.05, 0) is 31.2 Å². The van der Waals surface area contributed by atoms with Crippen molar-refractivity contribution < 1.29 is 14.7 Å². The van der Waals surface area contributed by atoms with Gasteiger partial charge in [-0.25, -0.2) is 4.79 Å². The number of carbonyl (C=O) groups is 2. The van der Waals surface area contributed by atoms with E-state index >= 15 is 0 Å². The van der Waals surface area contributed by atoms with Gasteiger partial charge in [-0.2, -0.15) is 0 Å². The summed E-state index contributed by atoms with van der Waals surface area (Å²) in [5, 5.41) is 9.44. The SMILES string of the molecule is Nc1sc2c(c1C(=O)O)CCC1(CCCC1)C2=O. The molecule has 1 aromatic rings. The molecule has 18 heavy (non-hydrogen) atoms. The highest BCUT2D eigenvalue weighted by Gasteiger charge is 2.46. The zero-order valence-electron chi connectivity index (χ0n) is 9.99. The van der Waals surface area contributed by atoms with Crippen LogP contribution in [0.1, 0.15) is 57.7 Å². The summed E-state index contributed by atoms with van der Waals surface area (Å²) in [4.78, 5) is 24.4. The van der Waals surface area contributed by atoms with Crippen LogP contribution in [0.15, 0.2) is 0 Å². The zero-order valence-corrected chi connectivity index (χ0v) is 10.8. The standard InChI is InChI=1S/C13H15NO3S/c14-11-8(12(16)17)7-3-6-13(4-1-2-5-13)10(15)9(7)18-11/h1-6,14H2,(H,16,17). The van der Waals surface area contributed by atoms with Crippen molar-refractivity contribution in [3.63, 3.8) is 0 Å². The summed E-state index contributed by atoms with van der Waals surface area (Å²) >= 11 is 1.16. The van der Waals surface area contributed by atoms with Crippen LogP contribution in [0.3, 0.4) is 0 Å². The molecule has 0 aliphatic heterocycles. The molecule has 3 rings (SSSR count). The van der Waals surface area contributed by atoms with E-state index < -0.39 is 5.97 Å². The van der Waals surface area contributed by atoms with Crippen LogP contribution in [0.25, 0.3) is 0 Å². The van der Waals surface area contributed by atoms with Gasteiger partial charge in [0.25, 0.3) is 0 Å². The van der Waals surface area contributed by atoms with Gasteiger partial charge in [0, 0.05) is 5.41 Å². The molecule has 0 aromatic carbocycles. The van der Waals surface area contributed by atoms with Crippen molar-refractivity contribution in [1.29, 1.82) is 0 Å². The average molecular weight is 265 g/mol. The van der Waals surface area contributed by atoms with E-state index in [-0.39, 0.29) is 21.8 Å². The lowest BCUT2D eigenvalue weighted by Gasteiger charge is -2.31. The van der Waals surface area contributed by atoms with Crippen LogP contribution in [0.5, 0.6) is 0 Å². The summed E-state index contributed by atoms with van der Waals surface area (Å²) < 4.78 is 0. The van der Waals surface area contributed by atoms with Crippen LogP contribution in [-0.2, 0) is 6.42 Å². The fourth-order valence-corrected chi connectivity index (χ4v) is 4.56. The first-order chi connectivity index (χ1) is 8.55. The topological polar surface area (TPSA) is 80.4 Å². The Morgan fingerprint density at radius 1 is 1.28 bits per heavy atom. The Labute approximate surface area is 109 Å². The number of rotatable bonds is 1. The Morgan fingerprint density at radius 3 is 2.56 bits per heavy atom. The second-order valence-corrected chi connectivity index (χ2v) is 6.32. The largest absolute Gasteiger partial charge is 0.478 e.